The van der Waals surface area contributed by atoms with Crippen LogP contribution in [0, 0.1) is 0 Å². The van der Waals surface area contributed by atoms with Crippen LogP contribution in [-0.2, 0) is 19.1 Å². The van der Waals surface area contributed by atoms with Gasteiger partial charge in [0.1, 0.15) is 11.8 Å². The van der Waals surface area contributed by atoms with Gasteiger partial charge in [-0.05, 0) is 29.7 Å². The highest BCUT2D eigenvalue weighted by molar-refractivity contribution is 6.03. The van der Waals surface area contributed by atoms with E-state index in [1.54, 1.807) is 7.11 Å². The topological polar surface area (TPSA) is 97.3 Å². The van der Waals surface area contributed by atoms with Crippen molar-refractivity contribution in [3.8, 4) is 5.75 Å². The van der Waals surface area contributed by atoms with Crippen molar-refractivity contribution in [2.45, 2.75) is 31.3 Å². The number of carbonyl (C=O) groups is 3. The molecular weight excluding hydrogens is 398 g/mol. The monoisotopic (exact) mass is 421 g/mol. The molecule has 2 heterocycles. The third kappa shape index (κ3) is 4.58. The number of carbonyl (C=O) groups excluding carboxylic acids is 3. The summed E-state index contributed by atoms with van der Waals surface area (Å²) in [6.07, 6.45) is 1.19. The lowest BCUT2D eigenvalue weighted by atomic mass is 9.98. The van der Waals surface area contributed by atoms with E-state index in [0.717, 1.165) is 22.6 Å². The van der Waals surface area contributed by atoms with Gasteiger partial charge in [-0.1, -0.05) is 42.5 Å². The molecule has 0 aromatic heterocycles. The summed E-state index contributed by atoms with van der Waals surface area (Å²) in [5, 5.41) is 8.48. The van der Waals surface area contributed by atoms with Crippen molar-refractivity contribution in [1.82, 2.24) is 10.3 Å². The molecule has 4 rings (SSSR count). The summed E-state index contributed by atoms with van der Waals surface area (Å²) in [7, 11) is 1.60. The molecule has 8 heteroatoms. The molecule has 0 spiro atoms. The molecular formula is C23H23N3O5. The Balaban J connectivity index is 1.51. The normalized spacial score (nSPS) is 20.2. The number of amides is 2. The number of benzene rings is 2. The fourth-order valence-electron chi connectivity index (χ4n) is 3.72. The quantitative estimate of drug-likeness (QED) is 0.721. The number of ether oxygens (including phenoxy) is 2. The SMILES string of the molecule is COc1ccc([C@H]2CC(c3ccccc3)=NN2C(=O)COC(=O)[C@@H]2CCC(=O)N2)cc1. The van der Waals surface area contributed by atoms with Gasteiger partial charge in [0, 0.05) is 12.8 Å². The van der Waals surface area contributed by atoms with Crippen LogP contribution in [0.25, 0.3) is 0 Å². The number of hydrogen-bond donors (Lipinski definition) is 1. The van der Waals surface area contributed by atoms with Gasteiger partial charge in [-0.2, -0.15) is 5.10 Å². The summed E-state index contributed by atoms with van der Waals surface area (Å²) in [5.41, 5.74) is 2.62. The van der Waals surface area contributed by atoms with Crippen LogP contribution >= 0.6 is 0 Å². The smallest absolute Gasteiger partial charge is 0.329 e. The molecule has 31 heavy (non-hydrogen) atoms. The van der Waals surface area contributed by atoms with Gasteiger partial charge in [0.15, 0.2) is 6.61 Å². The minimum absolute atomic E-state index is 0.190. The van der Waals surface area contributed by atoms with Crippen molar-refractivity contribution in [2.75, 3.05) is 13.7 Å². The fourth-order valence-corrected chi connectivity index (χ4v) is 3.72. The van der Waals surface area contributed by atoms with Gasteiger partial charge in [0.05, 0.1) is 18.9 Å². The van der Waals surface area contributed by atoms with E-state index in [9.17, 15) is 14.4 Å². The van der Waals surface area contributed by atoms with Gasteiger partial charge in [0.25, 0.3) is 5.91 Å². The number of methoxy groups -OCH3 is 1. The van der Waals surface area contributed by atoms with Crippen LogP contribution < -0.4 is 10.1 Å². The number of rotatable bonds is 6. The molecule has 1 N–H and O–H groups in total. The molecule has 8 nitrogen and oxygen atoms in total. The second-order valence-electron chi connectivity index (χ2n) is 7.41. The number of esters is 1. The van der Waals surface area contributed by atoms with Crippen LogP contribution in [0.5, 0.6) is 5.75 Å². The lowest BCUT2D eigenvalue weighted by Crippen LogP contribution is -2.37. The van der Waals surface area contributed by atoms with Crippen molar-refractivity contribution in [3.05, 3.63) is 65.7 Å². The second-order valence-corrected chi connectivity index (χ2v) is 7.41. The molecule has 2 aromatic carbocycles. The predicted molar refractivity (Wildman–Crippen MR) is 112 cm³/mol. The van der Waals surface area contributed by atoms with Crippen LogP contribution in [0.4, 0.5) is 0 Å². The zero-order valence-corrected chi connectivity index (χ0v) is 17.1. The Bertz CT molecular complexity index is 1000. The highest BCUT2D eigenvalue weighted by atomic mass is 16.5. The largest absolute Gasteiger partial charge is 0.497 e. The molecule has 0 bridgehead atoms. The standard InChI is InChI=1S/C23H23N3O5/c1-30-17-9-7-16(8-10-17)20-13-19(15-5-3-2-4-6-15)25-26(20)22(28)14-31-23(29)18-11-12-21(27)24-18/h2-10,18,20H,11-14H2,1H3,(H,24,27)/t18-,20+/m0/s1. The van der Waals surface area contributed by atoms with Crippen molar-refractivity contribution >= 4 is 23.5 Å². The molecule has 2 atom stereocenters. The number of hydrogen-bond acceptors (Lipinski definition) is 6. The molecule has 2 amide bonds. The summed E-state index contributed by atoms with van der Waals surface area (Å²) in [4.78, 5) is 36.4. The zero-order valence-electron chi connectivity index (χ0n) is 17.1. The van der Waals surface area contributed by atoms with Gasteiger partial charge >= 0.3 is 5.97 Å². The van der Waals surface area contributed by atoms with E-state index in [2.05, 4.69) is 10.4 Å². The van der Waals surface area contributed by atoms with Gasteiger partial charge in [-0.25, -0.2) is 9.80 Å². The number of nitrogens with zero attached hydrogens (tertiary/aromatic N) is 2. The Morgan fingerprint density at radius 2 is 1.87 bits per heavy atom. The molecule has 0 unspecified atom stereocenters. The summed E-state index contributed by atoms with van der Waals surface area (Å²) in [5.74, 6) is -0.503. The molecule has 160 valence electrons. The molecule has 0 saturated carbocycles. The third-order valence-electron chi connectivity index (χ3n) is 5.39. The van der Waals surface area contributed by atoms with E-state index in [4.69, 9.17) is 9.47 Å². The average molecular weight is 421 g/mol. The molecule has 2 aromatic rings. The van der Waals surface area contributed by atoms with Crippen molar-refractivity contribution in [1.29, 1.82) is 0 Å². The maximum atomic E-state index is 12.9. The maximum absolute atomic E-state index is 12.9. The molecule has 2 aliphatic heterocycles. The Kier molecular flexibility index (Phi) is 5.97. The van der Waals surface area contributed by atoms with Crippen LogP contribution in [0.2, 0.25) is 0 Å². The van der Waals surface area contributed by atoms with Crippen molar-refractivity contribution in [2.24, 2.45) is 5.10 Å². The van der Waals surface area contributed by atoms with Crippen LogP contribution in [0.3, 0.4) is 0 Å². The zero-order chi connectivity index (χ0) is 21.8. The summed E-state index contributed by atoms with van der Waals surface area (Å²) in [6, 6.07) is 16.1. The van der Waals surface area contributed by atoms with Gasteiger partial charge in [0.2, 0.25) is 5.91 Å². The first-order valence-electron chi connectivity index (χ1n) is 10.1. The average Bonchev–Trinajstić information content (AvgIpc) is 3.45. The van der Waals surface area contributed by atoms with Crippen molar-refractivity contribution in [3.63, 3.8) is 0 Å². The summed E-state index contributed by atoms with van der Waals surface area (Å²) < 4.78 is 10.4. The highest BCUT2D eigenvalue weighted by Crippen LogP contribution is 2.33. The minimum Gasteiger partial charge on any atom is -0.497 e. The predicted octanol–water partition coefficient (Wildman–Crippen LogP) is 2.19. The fraction of sp³-hybridized carbons (Fsp3) is 0.304. The Morgan fingerprint density at radius 1 is 1.13 bits per heavy atom. The van der Waals surface area contributed by atoms with Crippen LogP contribution in [-0.4, -0.2) is 48.3 Å². The number of nitrogens with one attached hydrogen (secondary N) is 1. The Hall–Kier alpha value is -3.68. The van der Waals surface area contributed by atoms with Crippen molar-refractivity contribution < 1.29 is 23.9 Å². The van der Waals surface area contributed by atoms with Gasteiger partial charge < -0.3 is 14.8 Å². The first-order chi connectivity index (χ1) is 15.0. The first-order valence-corrected chi connectivity index (χ1v) is 10.1. The molecule has 0 radical (unpaired) electrons. The van der Waals surface area contributed by atoms with E-state index in [1.165, 1.54) is 5.01 Å². The van der Waals surface area contributed by atoms with E-state index >= 15 is 0 Å². The van der Waals surface area contributed by atoms with E-state index in [1.807, 2.05) is 54.6 Å². The van der Waals surface area contributed by atoms with E-state index in [0.29, 0.717) is 12.8 Å². The summed E-state index contributed by atoms with van der Waals surface area (Å²) in [6.45, 7) is -0.441. The van der Waals surface area contributed by atoms with Gasteiger partial charge in [-0.15, -0.1) is 0 Å². The minimum atomic E-state index is -0.695. The summed E-state index contributed by atoms with van der Waals surface area (Å²) >= 11 is 0. The van der Waals surface area contributed by atoms with E-state index in [-0.39, 0.29) is 18.4 Å². The highest BCUT2D eigenvalue weighted by Gasteiger charge is 2.34. The molecule has 2 aliphatic rings. The van der Waals surface area contributed by atoms with E-state index < -0.39 is 24.5 Å². The number of hydrazone groups is 1. The third-order valence-corrected chi connectivity index (χ3v) is 5.39. The van der Waals surface area contributed by atoms with Gasteiger partial charge in [-0.3, -0.25) is 9.59 Å². The lowest BCUT2D eigenvalue weighted by Gasteiger charge is -2.22. The Morgan fingerprint density at radius 3 is 2.52 bits per heavy atom. The second kappa shape index (κ2) is 8.99. The lowest BCUT2D eigenvalue weighted by molar-refractivity contribution is -0.154. The molecule has 1 fully saturated rings. The molecule has 1 saturated heterocycles. The van der Waals surface area contributed by atoms with Crippen LogP contribution in [0.15, 0.2) is 59.7 Å². The van der Waals surface area contributed by atoms with Crippen LogP contribution in [0.1, 0.15) is 36.4 Å². The Labute approximate surface area is 179 Å². The molecule has 0 aliphatic carbocycles. The maximum Gasteiger partial charge on any atom is 0.329 e. The first kappa shape index (κ1) is 20.6.